The van der Waals surface area contributed by atoms with Crippen LogP contribution in [0, 0.1) is 24.0 Å². The first-order chi connectivity index (χ1) is 12.9. The molecule has 0 saturated carbocycles. The second kappa shape index (κ2) is 10.1. The van der Waals surface area contributed by atoms with Crippen molar-refractivity contribution in [2.45, 2.75) is 21.3 Å². The van der Waals surface area contributed by atoms with Crippen LogP contribution in [0.15, 0.2) is 30.3 Å². The van der Waals surface area contributed by atoms with E-state index in [9.17, 15) is 10.1 Å². The molecular weight excluding hydrogens is 417 g/mol. The lowest BCUT2D eigenvalue weighted by molar-refractivity contribution is -0.384. The number of ether oxygens (including phenoxy) is 2. The summed E-state index contributed by atoms with van der Waals surface area (Å²) < 4.78 is 12.1. The predicted molar refractivity (Wildman–Crippen MR) is 118 cm³/mol. The average Bonchev–Trinajstić information content (AvgIpc) is 3.20. The predicted octanol–water partition coefficient (Wildman–Crippen LogP) is 5.92. The van der Waals surface area contributed by atoms with Crippen LogP contribution >= 0.6 is 22.7 Å². The van der Waals surface area contributed by atoms with Gasteiger partial charge in [-0.05, 0) is 38.1 Å². The molecular formula is C19H22FN3O4S2. The van der Waals surface area contributed by atoms with Gasteiger partial charge >= 0.3 is 5.69 Å². The Balaban J connectivity index is 0.000000277. The van der Waals surface area contributed by atoms with Gasteiger partial charge in [0.15, 0.2) is 11.3 Å². The number of nitro benzene ring substituents is 1. The zero-order valence-electron chi connectivity index (χ0n) is 15.6. The van der Waals surface area contributed by atoms with Gasteiger partial charge in [0.1, 0.15) is 5.75 Å². The quantitative estimate of drug-likeness (QED) is 0.291. The number of nitrogens with zero attached hydrogens (tertiary/aromatic N) is 3. The fourth-order valence-electron chi connectivity index (χ4n) is 2.56. The van der Waals surface area contributed by atoms with E-state index >= 15 is 0 Å². The Bertz CT molecular complexity index is 1130. The number of aromatic nitrogens is 2. The van der Waals surface area contributed by atoms with E-state index < -0.39 is 4.92 Å². The normalized spacial score (nSPS) is 9.79. The minimum atomic E-state index is -0.458. The van der Waals surface area contributed by atoms with Gasteiger partial charge in [-0.15, -0.1) is 22.7 Å². The molecule has 0 aliphatic rings. The Morgan fingerprint density at radius 2 is 1.59 bits per heavy atom. The summed E-state index contributed by atoms with van der Waals surface area (Å²) >= 11 is 3.14. The molecule has 0 unspecified atom stereocenters. The summed E-state index contributed by atoms with van der Waals surface area (Å²) in [5.74, 6) is 1.12. The Labute approximate surface area is 175 Å². The largest absolute Gasteiger partial charge is 0.497 e. The maximum atomic E-state index is 10.9. The highest BCUT2D eigenvalue weighted by atomic mass is 32.1. The zero-order chi connectivity index (χ0) is 19.6. The number of methoxy groups -OCH3 is 2. The van der Waals surface area contributed by atoms with Crippen molar-refractivity contribution in [3.05, 3.63) is 50.5 Å². The van der Waals surface area contributed by atoms with Crippen molar-refractivity contribution in [1.29, 1.82) is 0 Å². The average molecular weight is 440 g/mol. The van der Waals surface area contributed by atoms with Crippen LogP contribution in [0.4, 0.5) is 10.4 Å². The molecule has 4 rings (SSSR count). The van der Waals surface area contributed by atoms with Gasteiger partial charge in [-0.3, -0.25) is 14.8 Å². The van der Waals surface area contributed by atoms with E-state index in [1.807, 2.05) is 32.0 Å². The molecule has 0 aliphatic carbocycles. The summed E-state index contributed by atoms with van der Waals surface area (Å²) in [5.41, 5.74) is 1.37. The maximum absolute atomic E-state index is 10.9. The number of halogens is 1. The minimum Gasteiger partial charge on any atom is -0.497 e. The smallest absolute Gasteiger partial charge is 0.337 e. The lowest BCUT2D eigenvalue weighted by Crippen LogP contribution is -1.94. The van der Waals surface area contributed by atoms with Crippen molar-refractivity contribution in [3.63, 3.8) is 0 Å². The molecule has 0 fully saturated rings. The molecule has 2 heterocycles. The fourth-order valence-corrected chi connectivity index (χ4v) is 4.20. The number of rotatable bonds is 3. The van der Waals surface area contributed by atoms with Crippen molar-refractivity contribution in [2.24, 2.45) is 0 Å². The van der Waals surface area contributed by atoms with E-state index in [0.717, 1.165) is 26.0 Å². The zero-order valence-corrected chi connectivity index (χ0v) is 17.2. The second-order valence-electron chi connectivity index (χ2n) is 5.52. The van der Waals surface area contributed by atoms with Gasteiger partial charge in [0, 0.05) is 6.07 Å². The van der Waals surface area contributed by atoms with E-state index in [1.165, 1.54) is 23.1 Å². The van der Waals surface area contributed by atoms with Crippen molar-refractivity contribution in [3.8, 4) is 11.5 Å². The number of benzene rings is 2. The highest BCUT2D eigenvalue weighted by Gasteiger charge is 2.21. The molecule has 0 saturated heterocycles. The van der Waals surface area contributed by atoms with Crippen LogP contribution in [-0.4, -0.2) is 29.1 Å². The SMILES string of the molecule is C.COc1ccc2sc(C)nc2c1.COc1ccc2sc(C)nc2c1[N+](=O)[O-].F. The molecule has 0 N–H and O–H groups in total. The molecule has 0 spiro atoms. The molecule has 0 atom stereocenters. The number of nitro groups is 1. The summed E-state index contributed by atoms with van der Waals surface area (Å²) in [6.07, 6.45) is 0. The Hall–Kier alpha value is -2.85. The molecule has 0 radical (unpaired) electrons. The summed E-state index contributed by atoms with van der Waals surface area (Å²) in [4.78, 5) is 18.9. The van der Waals surface area contributed by atoms with Crippen molar-refractivity contribution >= 4 is 48.8 Å². The van der Waals surface area contributed by atoms with Gasteiger partial charge in [-0.1, -0.05) is 7.43 Å². The molecule has 2 aromatic carbocycles. The van der Waals surface area contributed by atoms with E-state index in [4.69, 9.17) is 9.47 Å². The van der Waals surface area contributed by atoms with Crippen LogP contribution < -0.4 is 9.47 Å². The third kappa shape index (κ3) is 5.15. The number of fused-ring (bicyclic) bond motifs is 2. The van der Waals surface area contributed by atoms with E-state index in [2.05, 4.69) is 9.97 Å². The van der Waals surface area contributed by atoms with Crippen LogP contribution in [0.25, 0.3) is 20.4 Å². The van der Waals surface area contributed by atoms with Crippen LogP contribution in [0.3, 0.4) is 0 Å². The van der Waals surface area contributed by atoms with Crippen LogP contribution in [0.2, 0.25) is 0 Å². The first-order valence-corrected chi connectivity index (χ1v) is 9.56. The van der Waals surface area contributed by atoms with Gasteiger partial charge < -0.3 is 9.47 Å². The Morgan fingerprint density at radius 3 is 2.21 bits per heavy atom. The molecule has 0 bridgehead atoms. The van der Waals surface area contributed by atoms with Crippen LogP contribution in [0.1, 0.15) is 17.4 Å². The first-order valence-electron chi connectivity index (χ1n) is 7.92. The lowest BCUT2D eigenvalue weighted by Gasteiger charge is -2.00. The Kier molecular flexibility index (Phi) is 8.41. The lowest BCUT2D eigenvalue weighted by atomic mass is 10.2. The summed E-state index contributed by atoms with van der Waals surface area (Å²) in [6.45, 7) is 3.83. The van der Waals surface area contributed by atoms with Gasteiger partial charge in [0.2, 0.25) is 0 Å². The molecule has 10 heteroatoms. The van der Waals surface area contributed by atoms with Crippen molar-refractivity contribution in [1.82, 2.24) is 9.97 Å². The molecule has 0 amide bonds. The van der Waals surface area contributed by atoms with Crippen LogP contribution in [-0.2, 0) is 0 Å². The molecule has 0 aliphatic heterocycles. The summed E-state index contributed by atoms with van der Waals surface area (Å²) in [5, 5.41) is 12.8. The molecule has 4 aromatic rings. The molecule has 7 nitrogen and oxygen atoms in total. The standard InChI is InChI=1S/C9H8N2O3S.C9H9NOS.CH4.FH/c1-5-10-8-7(15-5)4-3-6(14-2)9(8)11(12)13;1-6-10-8-5-7(11-2)3-4-9(8)12-6;;/h3-4H,1-2H3;3-5H,1-2H3;1H4;1H. The highest BCUT2D eigenvalue weighted by molar-refractivity contribution is 7.18. The highest BCUT2D eigenvalue weighted by Crippen LogP contribution is 2.36. The maximum Gasteiger partial charge on any atom is 0.337 e. The number of hydrogen-bond acceptors (Lipinski definition) is 8. The number of hydrogen-bond donors (Lipinski definition) is 0. The fraction of sp³-hybridized carbons (Fsp3) is 0.263. The van der Waals surface area contributed by atoms with E-state index in [-0.39, 0.29) is 23.6 Å². The minimum absolute atomic E-state index is 0. The third-order valence-electron chi connectivity index (χ3n) is 3.71. The number of thiazole rings is 2. The van der Waals surface area contributed by atoms with Crippen molar-refractivity contribution < 1.29 is 19.1 Å². The van der Waals surface area contributed by atoms with E-state index in [1.54, 1.807) is 30.6 Å². The van der Waals surface area contributed by atoms with Crippen LogP contribution in [0.5, 0.6) is 11.5 Å². The van der Waals surface area contributed by atoms with Gasteiger partial charge in [0.05, 0.1) is 44.1 Å². The van der Waals surface area contributed by atoms with Crippen molar-refractivity contribution in [2.75, 3.05) is 14.2 Å². The summed E-state index contributed by atoms with van der Waals surface area (Å²) in [7, 11) is 3.08. The third-order valence-corrected chi connectivity index (χ3v) is 5.60. The van der Waals surface area contributed by atoms with Gasteiger partial charge in [-0.25, -0.2) is 9.97 Å². The first kappa shape index (κ1) is 24.2. The van der Waals surface area contributed by atoms with Gasteiger partial charge in [-0.2, -0.15) is 0 Å². The van der Waals surface area contributed by atoms with Gasteiger partial charge in [0.25, 0.3) is 0 Å². The topological polar surface area (TPSA) is 87.4 Å². The Morgan fingerprint density at radius 1 is 0.966 bits per heavy atom. The monoisotopic (exact) mass is 439 g/mol. The van der Waals surface area contributed by atoms with E-state index in [0.29, 0.717) is 5.52 Å². The molecule has 156 valence electrons. The summed E-state index contributed by atoms with van der Waals surface area (Å²) in [6, 6.07) is 9.33. The molecule has 2 aromatic heterocycles. The number of aryl methyl sites for hydroxylation is 2. The molecule has 29 heavy (non-hydrogen) atoms. The second-order valence-corrected chi connectivity index (χ2v) is 7.99.